The van der Waals surface area contributed by atoms with Crippen molar-refractivity contribution >= 4 is 16.0 Å². The van der Waals surface area contributed by atoms with Crippen molar-refractivity contribution in [2.24, 2.45) is 0 Å². The Morgan fingerprint density at radius 3 is 2.75 bits per heavy atom. The molecule has 0 amide bonds. The third kappa shape index (κ3) is 2.98. The number of carboxylic acids is 1. The molecule has 126 valence electrons. The highest BCUT2D eigenvalue weighted by molar-refractivity contribution is 7.89. The summed E-state index contributed by atoms with van der Waals surface area (Å²) < 4.78 is 33.0. The number of methoxy groups -OCH3 is 1. The molecule has 3 rings (SSSR count). The molecule has 0 aliphatic heterocycles. The monoisotopic (exact) mass is 348 g/mol. The second-order valence-electron chi connectivity index (χ2n) is 5.42. The van der Waals surface area contributed by atoms with Crippen LogP contribution in [0.15, 0.2) is 41.4 Å². The Morgan fingerprint density at radius 1 is 1.33 bits per heavy atom. The maximum absolute atomic E-state index is 12.5. The van der Waals surface area contributed by atoms with E-state index in [2.05, 4.69) is 9.71 Å². The van der Waals surface area contributed by atoms with E-state index < -0.39 is 16.0 Å². The molecule has 0 bridgehead atoms. The molecular formula is C16H16N2O5S. The van der Waals surface area contributed by atoms with Crippen LogP contribution >= 0.6 is 0 Å². The SMILES string of the molecule is COc1cccc2c1CCC2NS(=O)(=O)c1ccc(C(=O)O)nc1. The van der Waals surface area contributed by atoms with Crippen molar-refractivity contribution in [3.8, 4) is 5.75 Å². The Morgan fingerprint density at radius 2 is 2.12 bits per heavy atom. The van der Waals surface area contributed by atoms with Crippen LogP contribution < -0.4 is 9.46 Å². The van der Waals surface area contributed by atoms with Crippen LogP contribution in [0, 0.1) is 0 Å². The van der Waals surface area contributed by atoms with E-state index in [1.807, 2.05) is 18.2 Å². The summed E-state index contributed by atoms with van der Waals surface area (Å²) in [5, 5.41) is 8.83. The first-order valence-corrected chi connectivity index (χ1v) is 8.78. The minimum absolute atomic E-state index is 0.0659. The summed E-state index contributed by atoms with van der Waals surface area (Å²) in [5.74, 6) is -0.453. The summed E-state index contributed by atoms with van der Waals surface area (Å²) in [7, 11) is -2.21. The molecule has 24 heavy (non-hydrogen) atoms. The largest absolute Gasteiger partial charge is 0.496 e. The van der Waals surface area contributed by atoms with Crippen LogP contribution in [0.1, 0.15) is 34.1 Å². The molecule has 1 atom stereocenters. The number of rotatable bonds is 5. The van der Waals surface area contributed by atoms with Gasteiger partial charge in [0, 0.05) is 12.2 Å². The van der Waals surface area contributed by atoms with Crippen LogP contribution in [0.25, 0.3) is 0 Å². The van der Waals surface area contributed by atoms with Gasteiger partial charge >= 0.3 is 5.97 Å². The molecule has 1 aliphatic rings. The summed E-state index contributed by atoms with van der Waals surface area (Å²) in [6, 6.07) is 7.61. The van der Waals surface area contributed by atoms with E-state index in [-0.39, 0.29) is 16.6 Å². The van der Waals surface area contributed by atoms with Crippen molar-refractivity contribution in [3.05, 3.63) is 53.3 Å². The first kappa shape index (κ1) is 16.4. The molecule has 2 aromatic rings. The highest BCUT2D eigenvalue weighted by atomic mass is 32.2. The third-order valence-corrected chi connectivity index (χ3v) is 5.47. The minimum atomic E-state index is -3.79. The molecule has 0 spiro atoms. The van der Waals surface area contributed by atoms with E-state index in [0.29, 0.717) is 6.42 Å². The number of ether oxygens (including phenoxy) is 1. The van der Waals surface area contributed by atoms with E-state index in [1.54, 1.807) is 7.11 Å². The van der Waals surface area contributed by atoms with Crippen LogP contribution in [0.5, 0.6) is 5.75 Å². The maximum Gasteiger partial charge on any atom is 0.354 e. The first-order chi connectivity index (χ1) is 11.4. The van der Waals surface area contributed by atoms with Gasteiger partial charge in [-0.05, 0) is 42.2 Å². The van der Waals surface area contributed by atoms with Crippen molar-refractivity contribution in [2.45, 2.75) is 23.8 Å². The fourth-order valence-electron chi connectivity index (χ4n) is 2.86. The van der Waals surface area contributed by atoms with Gasteiger partial charge in [0.1, 0.15) is 16.3 Å². The van der Waals surface area contributed by atoms with Crippen molar-refractivity contribution in [2.75, 3.05) is 7.11 Å². The predicted octanol–water partition coefficient (Wildman–Crippen LogP) is 1.75. The Labute approximate surface area is 139 Å². The lowest BCUT2D eigenvalue weighted by Gasteiger charge is -2.15. The number of fused-ring (bicyclic) bond motifs is 1. The highest BCUT2D eigenvalue weighted by Gasteiger charge is 2.29. The second-order valence-corrected chi connectivity index (χ2v) is 7.14. The summed E-state index contributed by atoms with van der Waals surface area (Å²) in [4.78, 5) is 14.4. The van der Waals surface area contributed by atoms with Crippen LogP contribution in [0.3, 0.4) is 0 Å². The fraction of sp³-hybridized carbons (Fsp3) is 0.250. The van der Waals surface area contributed by atoms with Crippen LogP contribution in [-0.4, -0.2) is 31.6 Å². The molecule has 1 aromatic heterocycles. The zero-order valence-corrected chi connectivity index (χ0v) is 13.7. The number of benzene rings is 1. The van der Waals surface area contributed by atoms with Gasteiger partial charge in [0.25, 0.3) is 0 Å². The zero-order chi connectivity index (χ0) is 17.3. The quantitative estimate of drug-likeness (QED) is 0.853. The van der Waals surface area contributed by atoms with E-state index in [0.717, 1.165) is 29.5 Å². The van der Waals surface area contributed by atoms with E-state index in [4.69, 9.17) is 9.84 Å². The normalized spacial score (nSPS) is 16.6. The molecular weight excluding hydrogens is 332 g/mol. The summed E-state index contributed by atoms with van der Waals surface area (Å²) in [5.41, 5.74) is 1.70. The standard InChI is InChI=1S/C16H16N2O5S/c1-23-15-4-2-3-11-12(15)6-8-13(11)18-24(21,22)10-5-7-14(16(19)20)17-9-10/h2-5,7,9,13,18H,6,8H2,1H3,(H,19,20). The smallest absolute Gasteiger partial charge is 0.354 e. The number of pyridine rings is 1. The molecule has 0 fully saturated rings. The van der Waals surface area contributed by atoms with E-state index >= 15 is 0 Å². The lowest BCUT2D eigenvalue weighted by atomic mass is 10.1. The second kappa shape index (κ2) is 6.21. The molecule has 1 heterocycles. The Bertz CT molecular complexity index is 878. The average Bonchev–Trinajstić information content (AvgIpc) is 2.97. The molecule has 7 nitrogen and oxygen atoms in total. The van der Waals surface area contributed by atoms with Gasteiger partial charge in [-0.2, -0.15) is 0 Å². The van der Waals surface area contributed by atoms with Crippen molar-refractivity contribution < 1.29 is 23.1 Å². The van der Waals surface area contributed by atoms with Gasteiger partial charge in [0.05, 0.1) is 7.11 Å². The molecule has 1 unspecified atom stereocenters. The summed E-state index contributed by atoms with van der Waals surface area (Å²) in [6.45, 7) is 0. The number of aromatic nitrogens is 1. The van der Waals surface area contributed by atoms with Gasteiger partial charge < -0.3 is 9.84 Å². The van der Waals surface area contributed by atoms with E-state index in [9.17, 15) is 13.2 Å². The topological polar surface area (TPSA) is 106 Å². The maximum atomic E-state index is 12.5. The Kier molecular flexibility index (Phi) is 4.25. The molecule has 2 N–H and O–H groups in total. The number of nitrogens with zero attached hydrogens (tertiary/aromatic N) is 1. The van der Waals surface area contributed by atoms with E-state index in [1.165, 1.54) is 12.1 Å². The summed E-state index contributed by atoms with van der Waals surface area (Å²) >= 11 is 0. The van der Waals surface area contributed by atoms with Gasteiger partial charge in [0.2, 0.25) is 10.0 Å². The minimum Gasteiger partial charge on any atom is -0.496 e. The number of sulfonamides is 1. The Balaban J connectivity index is 1.85. The number of aromatic carboxylic acids is 1. The van der Waals surface area contributed by atoms with Gasteiger partial charge in [0.15, 0.2) is 0 Å². The first-order valence-electron chi connectivity index (χ1n) is 7.30. The predicted molar refractivity (Wildman–Crippen MR) is 85.6 cm³/mol. The van der Waals surface area contributed by atoms with Crippen molar-refractivity contribution in [1.82, 2.24) is 9.71 Å². The zero-order valence-electron chi connectivity index (χ0n) is 12.9. The molecule has 0 saturated carbocycles. The molecule has 1 aliphatic carbocycles. The van der Waals surface area contributed by atoms with Gasteiger partial charge in [-0.1, -0.05) is 12.1 Å². The lowest BCUT2D eigenvalue weighted by molar-refractivity contribution is 0.0690. The number of nitrogens with one attached hydrogen (secondary N) is 1. The van der Waals surface area contributed by atoms with Gasteiger partial charge in [-0.3, -0.25) is 0 Å². The lowest BCUT2D eigenvalue weighted by Crippen LogP contribution is -2.27. The Hall–Kier alpha value is -2.45. The fourth-order valence-corrected chi connectivity index (χ4v) is 4.05. The van der Waals surface area contributed by atoms with Gasteiger partial charge in [-0.15, -0.1) is 0 Å². The summed E-state index contributed by atoms with van der Waals surface area (Å²) in [6.07, 6.45) is 2.41. The van der Waals surface area contributed by atoms with Crippen molar-refractivity contribution in [1.29, 1.82) is 0 Å². The number of hydrogen-bond acceptors (Lipinski definition) is 5. The van der Waals surface area contributed by atoms with Crippen LogP contribution in [-0.2, 0) is 16.4 Å². The van der Waals surface area contributed by atoms with Gasteiger partial charge in [-0.25, -0.2) is 22.9 Å². The molecule has 0 saturated heterocycles. The van der Waals surface area contributed by atoms with Crippen LogP contribution in [0.2, 0.25) is 0 Å². The number of carbonyl (C=O) groups is 1. The van der Waals surface area contributed by atoms with Crippen LogP contribution in [0.4, 0.5) is 0 Å². The highest BCUT2D eigenvalue weighted by Crippen LogP contribution is 2.37. The molecule has 8 heteroatoms. The van der Waals surface area contributed by atoms with Crippen molar-refractivity contribution in [3.63, 3.8) is 0 Å². The number of carboxylic acid groups (broad SMARTS) is 1. The third-order valence-electron chi connectivity index (χ3n) is 4.01. The average molecular weight is 348 g/mol. The molecule has 0 radical (unpaired) electrons. The number of hydrogen-bond donors (Lipinski definition) is 2. The molecule has 1 aromatic carbocycles.